The second kappa shape index (κ2) is 3.18. The summed E-state index contributed by atoms with van der Waals surface area (Å²) in [6.07, 6.45) is 2.47. The topological polar surface area (TPSA) is 18.5 Å². The van der Waals surface area contributed by atoms with Crippen molar-refractivity contribution in [2.24, 2.45) is 0 Å². The Bertz CT molecular complexity index is 73.0. The van der Waals surface area contributed by atoms with Crippen molar-refractivity contribution in [1.29, 1.82) is 0 Å². The van der Waals surface area contributed by atoms with Crippen LogP contribution in [-0.2, 0) is 9.47 Å². The minimum absolute atomic E-state index is 0.0787. The summed E-state index contributed by atoms with van der Waals surface area (Å²) in [5.41, 5.74) is 0. The Kier molecular flexibility index (Phi) is 2.49. The van der Waals surface area contributed by atoms with Gasteiger partial charge in [0.15, 0.2) is 6.29 Å². The number of hydrogen-bond donors (Lipinski definition) is 0. The van der Waals surface area contributed by atoms with Crippen LogP contribution in [0.1, 0.15) is 26.7 Å². The second-order valence-electron chi connectivity index (χ2n) is 2.34. The molecular formula is C7H14O2. The van der Waals surface area contributed by atoms with Crippen molar-refractivity contribution in [3.8, 4) is 0 Å². The molecule has 0 radical (unpaired) electrons. The third kappa shape index (κ3) is 1.66. The first-order valence-corrected chi connectivity index (χ1v) is 3.63. The maximum Gasteiger partial charge on any atom is 0.157 e. The first kappa shape index (κ1) is 7.03. The highest BCUT2D eigenvalue weighted by molar-refractivity contribution is 4.61. The van der Waals surface area contributed by atoms with E-state index in [1.807, 2.05) is 0 Å². The van der Waals surface area contributed by atoms with E-state index in [4.69, 9.17) is 9.47 Å². The summed E-state index contributed by atoms with van der Waals surface area (Å²) < 4.78 is 10.7. The fraction of sp³-hybridized carbons (Fsp3) is 1.00. The lowest BCUT2D eigenvalue weighted by atomic mass is 10.3. The molecule has 1 heterocycles. The van der Waals surface area contributed by atoms with Gasteiger partial charge in [-0.3, -0.25) is 0 Å². The zero-order valence-corrected chi connectivity index (χ0v) is 6.09. The molecule has 2 heteroatoms. The van der Waals surface area contributed by atoms with Crippen LogP contribution in [0.5, 0.6) is 0 Å². The first-order valence-electron chi connectivity index (χ1n) is 3.63. The Labute approximate surface area is 56.2 Å². The third-order valence-corrected chi connectivity index (χ3v) is 1.60. The van der Waals surface area contributed by atoms with Gasteiger partial charge in [-0.2, -0.15) is 0 Å². The van der Waals surface area contributed by atoms with E-state index in [9.17, 15) is 0 Å². The monoisotopic (exact) mass is 130 g/mol. The van der Waals surface area contributed by atoms with Crippen molar-refractivity contribution in [3.05, 3.63) is 0 Å². The summed E-state index contributed by atoms with van der Waals surface area (Å²) in [5, 5.41) is 0. The van der Waals surface area contributed by atoms with Crippen LogP contribution in [0.15, 0.2) is 0 Å². The fourth-order valence-corrected chi connectivity index (χ4v) is 0.936. The van der Waals surface area contributed by atoms with Crippen molar-refractivity contribution in [3.63, 3.8) is 0 Å². The molecule has 0 aromatic rings. The van der Waals surface area contributed by atoms with Gasteiger partial charge in [-0.15, -0.1) is 0 Å². The average Bonchev–Trinajstić information content (AvgIpc) is 2.34. The summed E-state index contributed by atoms with van der Waals surface area (Å²) in [5.74, 6) is 0. The van der Waals surface area contributed by atoms with Gasteiger partial charge in [0.05, 0.1) is 12.7 Å². The minimum Gasteiger partial charge on any atom is -0.350 e. The summed E-state index contributed by atoms with van der Waals surface area (Å²) in [7, 11) is 0. The predicted molar refractivity (Wildman–Crippen MR) is 35.2 cm³/mol. The summed E-state index contributed by atoms with van der Waals surface area (Å²) >= 11 is 0. The predicted octanol–water partition coefficient (Wildman–Crippen LogP) is 1.55. The SMILES string of the molecule is CCC1COC(CC)O1. The Morgan fingerprint density at radius 2 is 2.11 bits per heavy atom. The van der Waals surface area contributed by atoms with Gasteiger partial charge in [-0.1, -0.05) is 13.8 Å². The van der Waals surface area contributed by atoms with Crippen molar-refractivity contribution < 1.29 is 9.47 Å². The van der Waals surface area contributed by atoms with Gasteiger partial charge >= 0.3 is 0 Å². The molecule has 54 valence electrons. The highest BCUT2D eigenvalue weighted by atomic mass is 16.7. The Morgan fingerprint density at radius 1 is 1.33 bits per heavy atom. The van der Waals surface area contributed by atoms with E-state index in [2.05, 4.69) is 13.8 Å². The molecule has 1 fully saturated rings. The number of hydrogen-bond acceptors (Lipinski definition) is 2. The molecule has 1 aliphatic heterocycles. The molecule has 2 nitrogen and oxygen atoms in total. The molecule has 0 aromatic heterocycles. The van der Waals surface area contributed by atoms with Crippen LogP contribution in [0.4, 0.5) is 0 Å². The molecule has 0 bridgehead atoms. The summed E-state index contributed by atoms with van der Waals surface area (Å²) in [4.78, 5) is 0. The zero-order valence-electron chi connectivity index (χ0n) is 6.09. The van der Waals surface area contributed by atoms with Gasteiger partial charge in [-0.05, 0) is 12.8 Å². The molecule has 0 saturated carbocycles. The van der Waals surface area contributed by atoms with Crippen LogP contribution >= 0.6 is 0 Å². The first-order chi connectivity index (χ1) is 4.36. The lowest BCUT2D eigenvalue weighted by Crippen LogP contribution is -2.09. The maximum atomic E-state index is 5.44. The van der Waals surface area contributed by atoms with Gasteiger partial charge in [0, 0.05) is 0 Å². The van der Waals surface area contributed by atoms with Gasteiger partial charge in [0.1, 0.15) is 0 Å². The van der Waals surface area contributed by atoms with Crippen LogP contribution in [-0.4, -0.2) is 19.0 Å². The standard InChI is InChI=1S/C7H14O2/c1-3-6-5-8-7(4-2)9-6/h6-7H,3-5H2,1-2H3. The molecular weight excluding hydrogens is 116 g/mol. The fourth-order valence-electron chi connectivity index (χ4n) is 0.936. The quantitative estimate of drug-likeness (QED) is 0.564. The van der Waals surface area contributed by atoms with Gasteiger partial charge < -0.3 is 9.47 Å². The van der Waals surface area contributed by atoms with Crippen molar-refractivity contribution in [1.82, 2.24) is 0 Å². The molecule has 0 N–H and O–H groups in total. The normalized spacial score (nSPS) is 35.3. The Balaban J connectivity index is 2.20. The van der Waals surface area contributed by atoms with Crippen molar-refractivity contribution >= 4 is 0 Å². The van der Waals surface area contributed by atoms with Crippen LogP contribution in [0.25, 0.3) is 0 Å². The van der Waals surface area contributed by atoms with Crippen LogP contribution in [0, 0.1) is 0 Å². The van der Waals surface area contributed by atoms with Crippen molar-refractivity contribution in [2.45, 2.75) is 39.1 Å². The van der Waals surface area contributed by atoms with E-state index in [0.29, 0.717) is 6.10 Å². The molecule has 2 atom stereocenters. The molecule has 0 aliphatic carbocycles. The molecule has 9 heavy (non-hydrogen) atoms. The smallest absolute Gasteiger partial charge is 0.157 e. The second-order valence-corrected chi connectivity index (χ2v) is 2.34. The average molecular weight is 130 g/mol. The van der Waals surface area contributed by atoms with Gasteiger partial charge in [0.25, 0.3) is 0 Å². The van der Waals surface area contributed by atoms with E-state index >= 15 is 0 Å². The molecule has 1 saturated heterocycles. The lowest BCUT2D eigenvalue weighted by Gasteiger charge is -2.05. The Morgan fingerprint density at radius 3 is 2.44 bits per heavy atom. The van der Waals surface area contributed by atoms with E-state index in [1.165, 1.54) is 0 Å². The Hall–Kier alpha value is -0.0800. The van der Waals surface area contributed by atoms with Crippen molar-refractivity contribution in [2.75, 3.05) is 6.61 Å². The molecule has 0 aromatic carbocycles. The minimum atomic E-state index is 0.0787. The van der Waals surface area contributed by atoms with E-state index < -0.39 is 0 Å². The van der Waals surface area contributed by atoms with E-state index in [0.717, 1.165) is 19.4 Å². The van der Waals surface area contributed by atoms with E-state index in [-0.39, 0.29) is 6.29 Å². The molecule has 0 amide bonds. The summed E-state index contributed by atoms with van der Waals surface area (Å²) in [6.45, 7) is 4.98. The van der Waals surface area contributed by atoms with E-state index in [1.54, 1.807) is 0 Å². The number of rotatable bonds is 2. The molecule has 1 rings (SSSR count). The van der Waals surface area contributed by atoms with Crippen LogP contribution in [0.3, 0.4) is 0 Å². The number of ether oxygens (including phenoxy) is 2. The lowest BCUT2D eigenvalue weighted by molar-refractivity contribution is -0.0588. The maximum absolute atomic E-state index is 5.44. The third-order valence-electron chi connectivity index (χ3n) is 1.60. The van der Waals surface area contributed by atoms with Crippen LogP contribution in [0.2, 0.25) is 0 Å². The molecule has 0 spiro atoms. The largest absolute Gasteiger partial charge is 0.350 e. The highest BCUT2D eigenvalue weighted by Gasteiger charge is 2.22. The zero-order chi connectivity index (χ0) is 6.69. The molecule has 1 aliphatic rings. The van der Waals surface area contributed by atoms with Gasteiger partial charge in [0.2, 0.25) is 0 Å². The van der Waals surface area contributed by atoms with Crippen LogP contribution < -0.4 is 0 Å². The summed E-state index contributed by atoms with van der Waals surface area (Å²) in [6, 6.07) is 0. The molecule has 2 unspecified atom stereocenters. The van der Waals surface area contributed by atoms with Gasteiger partial charge in [-0.25, -0.2) is 0 Å². The highest BCUT2D eigenvalue weighted by Crippen LogP contribution is 2.15.